The topological polar surface area (TPSA) is 261 Å². The average Bonchev–Trinajstić information content (AvgIpc) is 3.17. The van der Waals surface area contributed by atoms with E-state index in [1.807, 2.05) is 0 Å². The van der Waals surface area contributed by atoms with Crippen LogP contribution in [0.3, 0.4) is 0 Å². The van der Waals surface area contributed by atoms with Gasteiger partial charge in [-0.2, -0.15) is 26.6 Å². The molecule has 2 aromatic carbocycles. The van der Waals surface area contributed by atoms with Crippen LogP contribution < -0.4 is 4.74 Å². The van der Waals surface area contributed by atoms with Gasteiger partial charge < -0.3 is 14.9 Å². The summed E-state index contributed by atoms with van der Waals surface area (Å²) in [5, 5.41) is 31.3. The summed E-state index contributed by atoms with van der Waals surface area (Å²) < 4.78 is 96.4. The van der Waals surface area contributed by atoms with Gasteiger partial charge in [0.25, 0.3) is 10.1 Å². The van der Waals surface area contributed by atoms with Crippen LogP contribution in [-0.4, -0.2) is 79.8 Å². The summed E-state index contributed by atoms with van der Waals surface area (Å²) in [7, 11) is -12.3. The summed E-state index contributed by atoms with van der Waals surface area (Å²) in [4.78, 5) is 10.9. The van der Waals surface area contributed by atoms with Crippen LogP contribution in [0.25, 0.3) is 5.69 Å². The minimum atomic E-state index is -4.86. The maximum absolute atomic E-state index is 12.5. The molecule has 0 amide bonds. The summed E-state index contributed by atoms with van der Waals surface area (Å²) in [6, 6.07) is 7.45. The van der Waals surface area contributed by atoms with Crippen molar-refractivity contribution in [1.82, 2.24) is 9.78 Å². The third-order valence-corrected chi connectivity index (χ3v) is 7.78. The van der Waals surface area contributed by atoms with Gasteiger partial charge in [-0.3, -0.25) is 9.11 Å². The highest BCUT2D eigenvalue weighted by Crippen LogP contribution is 2.37. The Bertz CT molecular complexity index is 1760. The molecule has 17 nitrogen and oxygen atoms in total. The lowest BCUT2D eigenvalue weighted by molar-refractivity contribution is 0.0690. The van der Waals surface area contributed by atoms with Gasteiger partial charge in [-0.1, -0.05) is 0 Å². The molecular formula is C19H18N4O13S3. The Morgan fingerprint density at radius 1 is 0.974 bits per heavy atom. The number of carboxylic acids is 1. The number of sulfone groups is 1. The van der Waals surface area contributed by atoms with Crippen molar-refractivity contribution in [3.8, 4) is 17.3 Å². The van der Waals surface area contributed by atoms with Crippen LogP contribution in [0.2, 0.25) is 0 Å². The van der Waals surface area contributed by atoms with E-state index in [1.165, 1.54) is 13.2 Å². The first-order valence-corrected chi connectivity index (χ1v) is 14.6. The maximum Gasteiger partial charge on any atom is 0.397 e. The molecule has 3 aromatic rings. The molecule has 0 radical (unpaired) electrons. The molecule has 0 unspecified atom stereocenters. The lowest BCUT2D eigenvalue weighted by Crippen LogP contribution is -2.15. The maximum atomic E-state index is 12.5. The van der Waals surface area contributed by atoms with Gasteiger partial charge >= 0.3 is 16.4 Å². The van der Waals surface area contributed by atoms with Crippen molar-refractivity contribution in [3.63, 3.8) is 0 Å². The van der Waals surface area contributed by atoms with Crippen molar-refractivity contribution in [2.75, 3.05) is 19.5 Å². The first kappa shape index (κ1) is 29.6. The number of hydrogen-bond acceptors (Lipinski definition) is 13. The number of azo groups is 1. The molecular weight excluding hydrogens is 588 g/mol. The van der Waals surface area contributed by atoms with E-state index in [4.69, 9.17) is 13.8 Å². The lowest BCUT2D eigenvalue weighted by Gasteiger charge is -2.08. The number of aromatic hydroxyl groups is 1. The number of methoxy groups -OCH3 is 1. The minimum absolute atomic E-state index is 0.0124. The number of carbonyl (C=O) groups is 1. The van der Waals surface area contributed by atoms with Gasteiger partial charge in [-0.25, -0.2) is 17.4 Å². The molecule has 4 N–H and O–H groups in total. The summed E-state index contributed by atoms with van der Waals surface area (Å²) in [5.74, 6) is -3.32. The molecule has 0 atom stereocenters. The van der Waals surface area contributed by atoms with Crippen molar-refractivity contribution in [2.45, 2.75) is 9.79 Å². The number of aromatic nitrogens is 2. The van der Waals surface area contributed by atoms with Gasteiger partial charge in [0.15, 0.2) is 15.5 Å². The second-order valence-electron chi connectivity index (χ2n) is 7.31. The largest absolute Gasteiger partial charge is 0.494 e. The molecule has 39 heavy (non-hydrogen) atoms. The molecule has 0 bridgehead atoms. The molecule has 0 aliphatic carbocycles. The number of aromatic carboxylic acids is 1. The Morgan fingerprint density at radius 3 is 2.13 bits per heavy atom. The number of ether oxygens (including phenoxy) is 1. The molecule has 0 aliphatic rings. The summed E-state index contributed by atoms with van der Waals surface area (Å²) >= 11 is 0. The highest BCUT2D eigenvalue weighted by Gasteiger charge is 2.25. The van der Waals surface area contributed by atoms with Crippen molar-refractivity contribution < 1.29 is 58.3 Å². The zero-order valence-corrected chi connectivity index (χ0v) is 21.9. The Hall–Kier alpha value is -3.95. The zero-order valence-electron chi connectivity index (χ0n) is 19.4. The summed E-state index contributed by atoms with van der Waals surface area (Å²) in [5.41, 5.74) is -1.68. The number of hydrogen-bond donors (Lipinski definition) is 4. The average molecular weight is 607 g/mol. The molecule has 1 heterocycles. The van der Waals surface area contributed by atoms with E-state index >= 15 is 0 Å². The van der Waals surface area contributed by atoms with Crippen molar-refractivity contribution in [1.29, 1.82) is 0 Å². The van der Waals surface area contributed by atoms with Crippen molar-refractivity contribution >= 4 is 47.7 Å². The quantitative estimate of drug-likeness (QED) is 0.178. The standard InChI is InChI=1S/C19H18N4O13S3/c1-35-15-7-6-13(37(27,28)9-8-36-39(32,33)34)10-14(15)20-21-16-17(19(25)26)22-23(18(16)24)11-2-4-12(5-3-11)38(29,30)31/h2-7,10,24H,8-9H2,1H3,(H,25,26)(H,29,30,31)(H,32,33,34)/b21-20+. The molecule has 3 rings (SSSR count). The molecule has 0 saturated carbocycles. The predicted molar refractivity (Wildman–Crippen MR) is 129 cm³/mol. The first-order valence-electron chi connectivity index (χ1n) is 10.1. The van der Waals surface area contributed by atoms with E-state index in [-0.39, 0.29) is 22.0 Å². The lowest BCUT2D eigenvalue weighted by atomic mass is 10.3. The first-order chi connectivity index (χ1) is 18.0. The fraction of sp³-hybridized carbons (Fsp3) is 0.158. The fourth-order valence-corrected chi connectivity index (χ4v) is 4.97. The Morgan fingerprint density at radius 2 is 1.59 bits per heavy atom. The molecule has 0 saturated heterocycles. The fourth-order valence-electron chi connectivity index (χ4n) is 2.99. The van der Waals surface area contributed by atoms with Crippen molar-refractivity contribution in [2.24, 2.45) is 10.2 Å². The highest BCUT2D eigenvalue weighted by atomic mass is 32.3. The van der Waals surface area contributed by atoms with Crippen LogP contribution in [-0.2, 0) is 34.5 Å². The normalized spacial score (nSPS) is 12.6. The van der Waals surface area contributed by atoms with Gasteiger partial charge in [-0.15, -0.1) is 10.2 Å². The van der Waals surface area contributed by atoms with E-state index in [0.29, 0.717) is 4.68 Å². The van der Waals surface area contributed by atoms with E-state index in [1.54, 1.807) is 0 Å². The van der Waals surface area contributed by atoms with Crippen LogP contribution in [0.5, 0.6) is 11.6 Å². The van der Waals surface area contributed by atoms with Crippen molar-refractivity contribution in [3.05, 3.63) is 48.2 Å². The molecule has 20 heteroatoms. The van der Waals surface area contributed by atoms with E-state index in [9.17, 15) is 40.3 Å². The number of nitrogens with zero attached hydrogens (tertiary/aromatic N) is 4. The summed E-state index contributed by atoms with van der Waals surface area (Å²) in [6.45, 7) is -0.885. The number of carboxylic acid groups (broad SMARTS) is 1. The van der Waals surface area contributed by atoms with Crippen LogP contribution in [0, 0.1) is 0 Å². The SMILES string of the molecule is COc1ccc(S(=O)(=O)CCOS(=O)(=O)O)cc1/N=N/c1c(C(=O)O)nn(-c2ccc(S(=O)(=O)O)cc2)c1O. The highest BCUT2D eigenvalue weighted by molar-refractivity contribution is 7.91. The van der Waals surface area contributed by atoms with Gasteiger partial charge in [0, 0.05) is 0 Å². The van der Waals surface area contributed by atoms with Gasteiger partial charge in [0.2, 0.25) is 11.6 Å². The van der Waals surface area contributed by atoms with Crippen LogP contribution in [0.15, 0.2) is 62.5 Å². The molecule has 1 aromatic heterocycles. The summed E-state index contributed by atoms with van der Waals surface area (Å²) in [6.07, 6.45) is 0. The van der Waals surface area contributed by atoms with Gasteiger partial charge in [0.05, 0.1) is 34.9 Å². The third kappa shape index (κ3) is 7.13. The molecule has 0 aliphatic heterocycles. The van der Waals surface area contributed by atoms with E-state index < -0.39 is 70.8 Å². The predicted octanol–water partition coefficient (Wildman–Crippen LogP) is 1.54. The van der Waals surface area contributed by atoms with Crippen LogP contribution in [0.1, 0.15) is 10.5 Å². The molecule has 0 spiro atoms. The third-order valence-electron chi connectivity index (χ3n) is 4.77. The second-order valence-corrected chi connectivity index (χ2v) is 11.9. The second kappa shape index (κ2) is 11.0. The monoisotopic (exact) mass is 606 g/mol. The van der Waals surface area contributed by atoms with Crippen LogP contribution in [0.4, 0.5) is 11.4 Å². The Labute approximate surface area is 220 Å². The molecule has 210 valence electrons. The van der Waals surface area contributed by atoms with Crippen LogP contribution >= 0.6 is 0 Å². The van der Waals surface area contributed by atoms with E-state index in [2.05, 4.69) is 19.5 Å². The van der Waals surface area contributed by atoms with Gasteiger partial charge in [-0.05, 0) is 42.5 Å². The zero-order chi connectivity index (χ0) is 29.2. The minimum Gasteiger partial charge on any atom is -0.494 e. The number of benzene rings is 2. The smallest absolute Gasteiger partial charge is 0.397 e. The Balaban J connectivity index is 2.01. The molecule has 0 fully saturated rings. The van der Waals surface area contributed by atoms with Gasteiger partial charge in [0.1, 0.15) is 11.4 Å². The number of rotatable bonds is 11. The Kier molecular flexibility index (Phi) is 8.38. The van der Waals surface area contributed by atoms with E-state index in [0.717, 1.165) is 36.4 Å².